The molecular weight excluding hydrogens is 428 g/mol. The summed E-state index contributed by atoms with van der Waals surface area (Å²) in [6.45, 7) is 4.34. The Bertz CT molecular complexity index is 1400. The molecular formula is C28H26N2O4. The Balaban J connectivity index is 1.45. The predicted molar refractivity (Wildman–Crippen MR) is 134 cm³/mol. The molecule has 34 heavy (non-hydrogen) atoms. The summed E-state index contributed by atoms with van der Waals surface area (Å²) < 4.78 is 11.6. The molecule has 1 amide bonds. The molecule has 1 aromatic heterocycles. The van der Waals surface area contributed by atoms with Crippen molar-refractivity contribution < 1.29 is 13.9 Å². The molecule has 0 N–H and O–H groups in total. The van der Waals surface area contributed by atoms with Gasteiger partial charge in [-0.25, -0.2) is 0 Å². The van der Waals surface area contributed by atoms with Crippen LogP contribution in [-0.2, 0) is 0 Å². The van der Waals surface area contributed by atoms with E-state index in [0.29, 0.717) is 54.0 Å². The molecule has 0 bridgehead atoms. The molecule has 6 nitrogen and oxygen atoms in total. The van der Waals surface area contributed by atoms with Gasteiger partial charge < -0.3 is 19.0 Å². The summed E-state index contributed by atoms with van der Waals surface area (Å²) in [5.74, 6) is 1.19. The van der Waals surface area contributed by atoms with Gasteiger partial charge in [0.25, 0.3) is 5.91 Å². The van der Waals surface area contributed by atoms with Crippen LogP contribution < -0.4 is 15.1 Å². The molecule has 0 aliphatic carbocycles. The largest absolute Gasteiger partial charge is 0.497 e. The molecule has 6 heteroatoms. The van der Waals surface area contributed by atoms with Crippen LogP contribution in [0.4, 0.5) is 5.69 Å². The zero-order valence-electron chi connectivity index (χ0n) is 19.3. The summed E-state index contributed by atoms with van der Waals surface area (Å²) in [4.78, 5) is 30.7. The number of fused-ring (bicyclic) bond motifs is 1. The van der Waals surface area contributed by atoms with Gasteiger partial charge in [0.2, 0.25) is 0 Å². The number of anilines is 1. The molecule has 0 unspecified atom stereocenters. The minimum absolute atomic E-state index is 0.113. The quantitative estimate of drug-likeness (QED) is 0.446. The summed E-state index contributed by atoms with van der Waals surface area (Å²) in [5.41, 5.74) is 3.07. The third-order valence-electron chi connectivity index (χ3n) is 6.40. The molecule has 0 radical (unpaired) electrons. The number of carbonyl (C=O) groups is 1. The van der Waals surface area contributed by atoms with Gasteiger partial charge in [-0.2, -0.15) is 0 Å². The SMILES string of the molecule is COc1cccc(N2CCN(C(=O)c3cccc4c(=O)c(C)c(-c5ccccc5)oc34)CC2)c1. The molecule has 1 fully saturated rings. The van der Waals surface area contributed by atoms with Crippen LogP contribution in [0.15, 0.2) is 82.0 Å². The van der Waals surface area contributed by atoms with Crippen LogP contribution in [-0.4, -0.2) is 44.1 Å². The molecule has 3 aromatic carbocycles. The fraction of sp³-hybridized carbons (Fsp3) is 0.214. The number of rotatable bonds is 4. The number of carbonyl (C=O) groups excluding carboxylic acids is 1. The van der Waals surface area contributed by atoms with Gasteiger partial charge in [0, 0.05) is 49.1 Å². The smallest absolute Gasteiger partial charge is 0.257 e. The van der Waals surface area contributed by atoms with Crippen molar-refractivity contribution in [2.75, 3.05) is 38.2 Å². The Morgan fingerprint density at radius 2 is 1.65 bits per heavy atom. The van der Waals surface area contributed by atoms with Gasteiger partial charge in [0.15, 0.2) is 11.0 Å². The number of piperazine rings is 1. The monoisotopic (exact) mass is 454 g/mol. The van der Waals surface area contributed by atoms with Gasteiger partial charge in [0.1, 0.15) is 11.5 Å². The fourth-order valence-corrected chi connectivity index (χ4v) is 4.49. The van der Waals surface area contributed by atoms with E-state index in [1.54, 1.807) is 32.2 Å². The fourth-order valence-electron chi connectivity index (χ4n) is 4.49. The molecule has 1 aliphatic heterocycles. The number of para-hydroxylation sites is 1. The first-order valence-corrected chi connectivity index (χ1v) is 11.4. The highest BCUT2D eigenvalue weighted by atomic mass is 16.5. The maximum Gasteiger partial charge on any atom is 0.257 e. The van der Waals surface area contributed by atoms with Crippen LogP contribution >= 0.6 is 0 Å². The number of ether oxygens (including phenoxy) is 1. The number of nitrogens with zero attached hydrogens (tertiary/aromatic N) is 2. The van der Waals surface area contributed by atoms with E-state index in [1.165, 1.54) is 0 Å². The molecule has 2 heterocycles. The molecule has 0 saturated carbocycles. The molecule has 1 saturated heterocycles. The Morgan fingerprint density at radius 1 is 0.912 bits per heavy atom. The van der Waals surface area contributed by atoms with Crippen LogP contribution in [0.3, 0.4) is 0 Å². The van der Waals surface area contributed by atoms with Gasteiger partial charge in [-0.3, -0.25) is 9.59 Å². The lowest BCUT2D eigenvalue weighted by Crippen LogP contribution is -2.48. The van der Waals surface area contributed by atoms with Gasteiger partial charge >= 0.3 is 0 Å². The minimum Gasteiger partial charge on any atom is -0.497 e. The Morgan fingerprint density at radius 3 is 2.38 bits per heavy atom. The number of amides is 1. The molecule has 5 rings (SSSR count). The zero-order valence-corrected chi connectivity index (χ0v) is 19.3. The highest BCUT2D eigenvalue weighted by molar-refractivity contribution is 6.05. The van der Waals surface area contributed by atoms with E-state index in [2.05, 4.69) is 4.90 Å². The Kier molecular flexibility index (Phi) is 5.80. The maximum absolute atomic E-state index is 13.5. The molecule has 0 spiro atoms. The standard InChI is InChI=1S/C28H26N2O4/c1-19-25(31)23-12-7-13-24(27(23)34-26(19)20-8-4-3-5-9-20)28(32)30-16-14-29(15-17-30)21-10-6-11-22(18-21)33-2/h3-13,18H,14-17H2,1-2H3. The minimum atomic E-state index is -0.123. The molecule has 172 valence electrons. The number of hydrogen-bond donors (Lipinski definition) is 0. The molecule has 4 aromatic rings. The van der Waals surface area contributed by atoms with Crippen molar-refractivity contribution in [2.24, 2.45) is 0 Å². The average Bonchev–Trinajstić information content (AvgIpc) is 2.90. The zero-order chi connectivity index (χ0) is 23.7. The van der Waals surface area contributed by atoms with Crippen molar-refractivity contribution in [3.8, 4) is 17.1 Å². The lowest BCUT2D eigenvalue weighted by Gasteiger charge is -2.36. The predicted octanol–water partition coefficient (Wildman–Crippen LogP) is 4.74. The van der Waals surface area contributed by atoms with E-state index in [-0.39, 0.29) is 11.3 Å². The topological polar surface area (TPSA) is 63.0 Å². The molecule has 0 atom stereocenters. The second kappa shape index (κ2) is 9.06. The van der Waals surface area contributed by atoms with E-state index in [0.717, 1.165) is 17.0 Å². The summed E-state index contributed by atoms with van der Waals surface area (Å²) in [7, 11) is 1.66. The third kappa shape index (κ3) is 3.92. The normalized spacial score (nSPS) is 13.8. The summed E-state index contributed by atoms with van der Waals surface area (Å²) >= 11 is 0. The lowest BCUT2D eigenvalue weighted by molar-refractivity contribution is 0.0747. The summed E-state index contributed by atoms with van der Waals surface area (Å²) in [6.07, 6.45) is 0. The van der Waals surface area contributed by atoms with E-state index in [1.807, 2.05) is 59.5 Å². The third-order valence-corrected chi connectivity index (χ3v) is 6.40. The Hall–Kier alpha value is -4.06. The van der Waals surface area contributed by atoms with Crippen LogP contribution in [0.5, 0.6) is 5.75 Å². The second-order valence-corrected chi connectivity index (χ2v) is 8.41. The van der Waals surface area contributed by atoms with Crippen molar-refractivity contribution in [3.05, 3.63) is 94.1 Å². The lowest BCUT2D eigenvalue weighted by atomic mass is 10.0. The van der Waals surface area contributed by atoms with Gasteiger partial charge in [-0.1, -0.05) is 42.5 Å². The van der Waals surface area contributed by atoms with Crippen molar-refractivity contribution in [1.82, 2.24) is 4.90 Å². The van der Waals surface area contributed by atoms with Crippen LogP contribution in [0.25, 0.3) is 22.3 Å². The van der Waals surface area contributed by atoms with Crippen molar-refractivity contribution in [2.45, 2.75) is 6.92 Å². The number of benzene rings is 3. The first-order valence-electron chi connectivity index (χ1n) is 11.4. The molecule has 1 aliphatic rings. The van der Waals surface area contributed by atoms with E-state index in [9.17, 15) is 9.59 Å². The average molecular weight is 455 g/mol. The van der Waals surface area contributed by atoms with Gasteiger partial charge in [0.05, 0.1) is 18.1 Å². The van der Waals surface area contributed by atoms with Gasteiger partial charge in [-0.05, 0) is 31.2 Å². The van der Waals surface area contributed by atoms with E-state index < -0.39 is 0 Å². The van der Waals surface area contributed by atoms with Crippen LogP contribution in [0, 0.1) is 6.92 Å². The highest BCUT2D eigenvalue weighted by Crippen LogP contribution is 2.28. The summed E-state index contributed by atoms with van der Waals surface area (Å²) in [5, 5.41) is 0.429. The van der Waals surface area contributed by atoms with E-state index >= 15 is 0 Å². The van der Waals surface area contributed by atoms with Crippen molar-refractivity contribution in [3.63, 3.8) is 0 Å². The van der Waals surface area contributed by atoms with E-state index in [4.69, 9.17) is 9.15 Å². The second-order valence-electron chi connectivity index (χ2n) is 8.41. The number of methoxy groups -OCH3 is 1. The first-order chi connectivity index (χ1) is 16.6. The number of hydrogen-bond acceptors (Lipinski definition) is 5. The van der Waals surface area contributed by atoms with Crippen LogP contribution in [0.2, 0.25) is 0 Å². The Labute approximate surface area is 198 Å². The summed E-state index contributed by atoms with van der Waals surface area (Å²) in [6, 6.07) is 22.7. The maximum atomic E-state index is 13.5. The van der Waals surface area contributed by atoms with Gasteiger partial charge in [-0.15, -0.1) is 0 Å². The van der Waals surface area contributed by atoms with Crippen molar-refractivity contribution >= 4 is 22.6 Å². The van der Waals surface area contributed by atoms with Crippen molar-refractivity contribution in [1.29, 1.82) is 0 Å². The highest BCUT2D eigenvalue weighted by Gasteiger charge is 2.26. The first kappa shape index (κ1) is 21.8. The van der Waals surface area contributed by atoms with Crippen LogP contribution in [0.1, 0.15) is 15.9 Å².